The fourth-order valence-electron chi connectivity index (χ4n) is 3.96. The molecule has 1 aromatic carbocycles. The maximum Gasteiger partial charge on any atom is 0.274 e. The van der Waals surface area contributed by atoms with Gasteiger partial charge in [-0.1, -0.05) is 0 Å². The second-order valence-corrected chi connectivity index (χ2v) is 7.74. The number of benzene rings is 1. The van der Waals surface area contributed by atoms with E-state index in [0.29, 0.717) is 12.1 Å². The maximum atomic E-state index is 14.0. The van der Waals surface area contributed by atoms with Crippen LogP contribution in [0.2, 0.25) is 0 Å². The first-order valence-electron chi connectivity index (χ1n) is 9.55. The average molecular weight is 457 g/mol. The number of rotatable bonds is 3. The van der Waals surface area contributed by atoms with E-state index in [1.165, 1.54) is 0 Å². The predicted octanol–water partition coefficient (Wildman–Crippen LogP) is 2.33. The molecule has 1 unspecified atom stereocenters. The lowest BCUT2D eigenvalue weighted by atomic mass is 10.1. The standard InChI is InChI=1S/C20H16F5N3O4/c21-9-3-13(22)11(14(23)4-9)5-26-18(31)12-7-28-10-1-2-20(24,25)8-27(6-10)19(32)15(28)17(30)16(12)29/h3-4,7,10,30H,1-2,5-6,8H2,(H,26,31). The van der Waals surface area contributed by atoms with Crippen molar-refractivity contribution in [1.82, 2.24) is 14.8 Å². The van der Waals surface area contributed by atoms with Crippen LogP contribution >= 0.6 is 0 Å². The molecule has 3 heterocycles. The minimum atomic E-state index is -3.15. The van der Waals surface area contributed by atoms with Crippen LogP contribution in [0.25, 0.3) is 0 Å². The summed E-state index contributed by atoms with van der Waals surface area (Å²) in [7, 11) is 0. The van der Waals surface area contributed by atoms with Gasteiger partial charge in [0.05, 0.1) is 12.6 Å². The summed E-state index contributed by atoms with van der Waals surface area (Å²) in [6, 6.07) is 0.119. The Hall–Kier alpha value is -3.44. The van der Waals surface area contributed by atoms with Crippen LogP contribution in [-0.4, -0.2) is 45.4 Å². The maximum absolute atomic E-state index is 14.0. The molecule has 170 valence electrons. The van der Waals surface area contributed by atoms with Gasteiger partial charge in [-0.25, -0.2) is 22.0 Å². The van der Waals surface area contributed by atoms with Crippen LogP contribution in [0.5, 0.6) is 5.75 Å². The van der Waals surface area contributed by atoms with Gasteiger partial charge in [0, 0.05) is 43.4 Å². The number of alkyl halides is 2. The van der Waals surface area contributed by atoms with Crippen molar-refractivity contribution in [3.63, 3.8) is 0 Å². The molecule has 0 saturated carbocycles. The van der Waals surface area contributed by atoms with Crippen LogP contribution in [0.3, 0.4) is 0 Å². The highest BCUT2D eigenvalue weighted by Crippen LogP contribution is 2.36. The van der Waals surface area contributed by atoms with Crippen LogP contribution in [-0.2, 0) is 6.54 Å². The molecular formula is C20H16F5N3O4. The monoisotopic (exact) mass is 457 g/mol. The molecule has 1 fully saturated rings. The van der Waals surface area contributed by atoms with Gasteiger partial charge in [0.2, 0.25) is 5.43 Å². The van der Waals surface area contributed by atoms with Gasteiger partial charge < -0.3 is 19.9 Å². The number of carbonyl (C=O) groups excluding carboxylic acids is 2. The van der Waals surface area contributed by atoms with E-state index in [1.54, 1.807) is 0 Å². The second kappa shape index (κ2) is 7.61. The molecule has 1 atom stereocenters. The SMILES string of the molecule is O=C(NCc1c(F)cc(F)cc1F)c1cn2c(c(O)c1=O)C(=O)N1CC2CCC(F)(F)C1. The van der Waals surface area contributed by atoms with Crippen molar-refractivity contribution in [2.75, 3.05) is 13.1 Å². The summed E-state index contributed by atoms with van der Waals surface area (Å²) in [5, 5.41) is 12.4. The fraction of sp³-hybridized carbons (Fsp3) is 0.350. The number of aromatic nitrogens is 1. The van der Waals surface area contributed by atoms with E-state index < -0.39 is 88.7 Å². The van der Waals surface area contributed by atoms with E-state index in [2.05, 4.69) is 5.32 Å². The summed E-state index contributed by atoms with van der Waals surface area (Å²) in [6.45, 7) is -1.69. The van der Waals surface area contributed by atoms with Gasteiger partial charge in [-0.05, 0) is 6.42 Å². The van der Waals surface area contributed by atoms with E-state index in [-0.39, 0.29) is 13.0 Å². The van der Waals surface area contributed by atoms with Crippen LogP contribution < -0.4 is 10.7 Å². The zero-order chi connectivity index (χ0) is 23.4. The van der Waals surface area contributed by atoms with Crippen LogP contribution in [0, 0.1) is 17.5 Å². The number of nitrogens with zero attached hydrogens (tertiary/aromatic N) is 2. The lowest BCUT2D eigenvalue weighted by Crippen LogP contribution is -2.46. The number of pyridine rings is 1. The zero-order valence-electron chi connectivity index (χ0n) is 16.3. The van der Waals surface area contributed by atoms with Crippen LogP contribution in [0.15, 0.2) is 23.1 Å². The Kier molecular flexibility index (Phi) is 5.18. The third-order valence-electron chi connectivity index (χ3n) is 5.57. The van der Waals surface area contributed by atoms with Gasteiger partial charge >= 0.3 is 0 Å². The van der Waals surface area contributed by atoms with Gasteiger partial charge in [0.15, 0.2) is 11.4 Å². The first kappa shape index (κ1) is 21.8. The van der Waals surface area contributed by atoms with Crippen LogP contribution in [0.4, 0.5) is 22.0 Å². The number of hydrogen-bond donors (Lipinski definition) is 2. The molecule has 2 aliphatic rings. The Morgan fingerprint density at radius 3 is 2.50 bits per heavy atom. The number of carbonyl (C=O) groups is 2. The molecule has 4 rings (SSSR count). The quantitative estimate of drug-likeness (QED) is 0.693. The van der Waals surface area contributed by atoms with Gasteiger partial charge in [-0.3, -0.25) is 14.4 Å². The predicted molar refractivity (Wildman–Crippen MR) is 99.0 cm³/mol. The van der Waals surface area contributed by atoms with Gasteiger partial charge in [-0.15, -0.1) is 0 Å². The lowest BCUT2D eigenvalue weighted by molar-refractivity contribution is -0.0258. The number of halogens is 5. The summed E-state index contributed by atoms with van der Waals surface area (Å²) in [6.07, 6.45) is 0.338. The summed E-state index contributed by atoms with van der Waals surface area (Å²) >= 11 is 0. The van der Waals surface area contributed by atoms with E-state index in [0.717, 1.165) is 15.7 Å². The molecule has 2 bridgehead atoms. The topological polar surface area (TPSA) is 91.6 Å². The van der Waals surface area contributed by atoms with E-state index in [4.69, 9.17) is 0 Å². The van der Waals surface area contributed by atoms with Crippen molar-refractivity contribution in [3.05, 3.63) is 62.8 Å². The van der Waals surface area contributed by atoms with Crippen molar-refractivity contribution in [2.45, 2.75) is 31.4 Å². The van der Waals surface area contributed by atoms with Gasteiger partial charge in [0.1, 0.15) is 23.0 Å². The molecule has 1 aromatic heterocycles. The number of fused-ring (bicyclic) bond motifs is 4. The van der Waals surface area contributed by atoms with Crippen LogP contribution in [0.1, 0.15) is 45.3 Å². The minimum Gasteiger partial charge on any atom is -0.503 e. The van der Waals surface area contributed by atoms with Crippen molar-refractivity contribution < 1.29 is 36.6 Å². The molecule has 32 heavy (non-hydrogen) atoms. The number of aromatic hydroxyl groups is 1. The molecule has 1 saturated heterocycles. The third kappa shape index (κ3) is 3.69. The minimum absolute atomic E-state index is 0.0842. The van der Waals surface area contributed by atoms with E-state index >= 15 is 0 Å². The number of hydrogen-bond acceptors (Lipinski definition) is 4. The van der Waals surface area contributed by atoms with Crippen molar-refractivity contribution >= 4 is 11.8 Å². The molecule has 0 spiro atoms. The van der Waals surface area contributed by atoms with Crippen molar-refractivity contribution in [1.29, 1.82) is 0 Å². The Bertz CT molecular complexity index is 1170. The normalized spacial score (nSPS) is 19.3. The average Bonchev–Trinajstić information content (AvgIpc) is 2.84. The van der Waals surface area contributed by atoms with Crippen molar-refractivity contribution in [3.8, 4) is 5.75 Å². The largest absolute Gasteiger partial charge is 0.503 e. The fourth-order valence-corrected chi connectivity index (χ4v) is 3.96. The van der Waals surface area contributed by atoms with Gasteiger partial charge in [0.25, 0.3) is 17.7 Å². The zero-order valence-corrected chi connectivity index (χ0v) is 16.3. The summed E-state index contributed by atoms with van der Waals surface area (Å²) < 4.78 is 69.6. The van der Waals surface area contributed by atoms with E-state index in [1.807, 2.05) is 0 Å². The Labute approximate surface area is 177 Å². The first-order valence-corrected chi connectivity index (χ1v) is 9.55. The summed E-state index contributed by atoms with van der Waals surface area (Å²) in [5.74, 6) is -9.98. The lowest BCUT2D eigenvalue weighted by Gasteiger charge is -2.34. The highest BCUT2D eigenvalue weighted by Gasteiger charge is 2.44. The summed E-state index contributed by atoms with van der Waals surface area (Å²) in [4.78, 5) is 38.5. The second-order valence-electron chi connectivity index (χ2n) is 7.74. The highest BCUT2D eigenvalue weighted by atomic mass is 19.3. The first-order chi connectivity index (χ1) is 15.0. The molecule has 2 aromatic rings. The Balaban J connectivity index is 1.67. The molecule has 7 nitrogen and oxygen atoms in total. The number of amides is 2. The third-order valence-corrected chi connectivity index (χ3v) is 5.57. The molecule has 0 aliphatic carbocycles. The molecular weight excluding hydrogens is 441 g/mol. The van der Waals surface area contributed by atoms with Gasteiger partial charge in [-0.2, -0.15) is 0 Å². The Morgan fingerprint density at radius 2 is 1.84 bits per heavy atom. The van der Waals surface area contributed by atoms with E-state index in [9.17, 15) is 41.4 Å². The van der Waals surface area contributed by atoms with Crippen molar-refractivity contribution in [2.24, 2.45) is 0 Å². The number of nitrogens with one attached hydrogen (secondary N) is 1. The smallest absolute Gasteiger partial charge is 0.274 e. The highest BCUT2D eigenvalue weighted by molar-refractivity contribution is 5.99. The molecule has 2 aliphatic heterocycles. The Morgan fingerprint density at radius 1 is 1.19 bits per heavy atom. The molecule has 0 radical (unpaired) electrons. The summed E-state index contributed by atoms with van der Waals surface area (Å²) in [5.41, 5.74) is -3.05. The molecule has 2 N–H and O–H groups in total. The molecule has 12 heteroatoms. The molecule has 2 amide bonds.